The second kappa shape index (κ2) is 7.84. The van der Waals surface area contributed by atoms with Crippen molar-refractivity contribution in [1.29, 1.82) is 0 Å². The molecule has 2 N–H and O–H groups in total. The number of hydrogen-bond donors (Lipinski definition) is 2. The number of ether oxygens (including phenoxy) is 1. The zero-order valence-electron chi connectivity index (χ0n) is 15.5. The summed E-state index contributed by atoms with van der Waals surface area (Å²) in [4.78, 5) is 32.9. The molecular formula is C20H21N3O3S. The van der Waals surface area contributed by atoms with Gasteiger partial charge in [-0.3, -0.25) is 4.79 Å². The van der Waals surface area contributed by atoms with Crippen LogP contribution in [0.15, 0.2) is 58.1 Å². The van der Waals surface area contributed by atoms with Gasteiger partial charge in [0.25, 0.3) is 5.56 Å². The molecule has 0 spiro atoms. The van der Waals surface area contributed by atoms with Crippen molar-refractivity contribution in [2.45, 2.75) is 24.9 Å². The number of H-pyrrole nitrogens is 1. The minimum absolute atomic E-state index is 0.277. The number of allylic oxidation sites excluding steroid dienone is 1. The molecule has 2 aromatic rings. The number of carbonyl (C=O) groups excluding carboxylic acids is 1. The number of nitrogens with zero attached hydrogens (tertiary/aromatic N) is 1. The van der Waals surface area contributed by atoms with Gasteiger partial charge in [0, 0.05) is 11.4 Å². The molecule has 140 valence electrons. The fourth-order valence-corrected chi connectivity index (χ4v) is 3.84. The first-order chi connectivity index (χ1) is 13.0. The van der Waals surface area contributed by atoms with Gasteiger partial charge >= 0.3 is 5.97 Å². The number of rotatable bonds is 5. The van der Waals surface area contributed by atoms with E-state index in [0.29, 0.717) is 33.6 Å². The van der Waals surface area contributed by atoms with E-state index in [0.717, 1.165) is 11.1 Å². The van der Waals surface area contributed by atoms with Crippen LogP contribution in [-0.4, -0.2) is 28.8 Å². The SMILES string of the molecule is C=CCSc1nc2c(c(=O)[nH]1)[C@@H](c1ccccc1C)C(C(=O)OC)=C(C)N2. The Bertz CT molecular complexity index is 994. The van der Waals surface area contributed by atoms with Gasteiger partial charge in [0.2, 0.25) is 0 Å². The lowest BCUT2D eigenvalue weighted by Crippen LogP contribution is -2.31. The summed E-state index contributed by atoms with van der Waals surface area (Å²) < 4.78 is 5.00. The highest BCUT2D eigenvalue weighted by molar-refractivity contribution is 7.99. The maximum absolute atomic E-state index is 13.0. The van der Waals surface area contributed by atoms with Crippen molar-refractivity contribution in [3.63, 3.8) is 0 Å². The second-order valence-electron chi connectivity index (χ2n) is 6.18. The Morgan fingerprint density at radius 1 is 1.37 bits per heavy atom. The van der Waals surface area contributed by atoms with E-state index < -0.39 is 11.9 Å². The van der Waals surface area contributed by atoms with Crippen molar-refractivity contribution in [2.75, 3.05) is 18.2 Å². The minimum Gasteiger partial charge on any atom is -0.466 e. The fourth-order valence-electron chi connectivity index (χ4n) is 3.24. The van der Waals surface area contributed by atoms with Crippen LogP contribution in [-0.2, 0) is 9.53 Å². The van der Waals surface area contributed by atoms with Gasteiger partial charge in [-0.1, -0.05) is 42.1 Å². The summed E-state index contributed by atoms with van der Waals surface area (Å²) in [6, 6.07) is 7.69. The maximum atomic E-state index is 13.0. The Labute approximate surface area is 161 Å². The number of benzene rings is 1. The molecule has 1 atom stereocenters. The molecule has 27 heavy (non-hydrogen) atoms. The van der Waals surface area contributed by atoms with Crippen LogP contribution in [0.2, 0.25) is 0 Å². The Morgan fingerprint density at radius 2 is 2.11 bits per heavy atom. The number of nitrogens with one attached hydrogen (secondary N) is 2. The summed E-state index contributed by atoms with van der Waals surface area (Å²) in [6.07, 6.45) is 1.74. The number of hydrogen-bond acceptors (Lipinski definition) is 6. The van der Waals surface area contributed by atoms with Gasteiger partial charge in [0.15, 0.2) is 5.16 Å². The molecule has 0 radical (unpaired) electrons. The summed E-state index contributed by atoms with van der Waals surface area (Å²) >= 11 is 1.39. The number of aromatic nitrogens is 2. The van der Waals surface area contributed by atoms with E-state index >= 15 is 0 Å². The molecule has 1 aliphatic rings. The van der Waals surface area contributed by atoms with Crippen LogP contribution in [0.1, 0.15) is 29.5 Å². The Kier molecular flexibility index (Phi) is 5.51. The zero-order valence-corrected chi connectivity index (χ0v) is 16.3. The van der Waals surface area contributed by atoms with Crippen molar-refractivity contribution < 1.29 is 9.53 Å². The third-order valence-corrected chi connectivity index (χ3v) is 5.33. The Balaban J connectivity index is 2.25. The van der Waals surface area contributed by atoms with Crippen LogP contribution >= 0.6 is 11.8 Å². The highest BCUT2D eigenvalue weighted by Crippen LogP contribution is 2.41. The van der Waals surface area contributed by atoms with Gasteiger partial charge in [0.05, 0.1) is 24.2 Å². The molecule has 0 unspecified atom stereocenters. The van der Waals surface area contributed by atoms with E-state index in [2.05, 4.69) is 21.9 Å². The van der Waals surface area contributed by atoms with Gasteiger partial charge in [-0.15, -0.1) is 6.58 Å². The van der Waals surface area contributed by atoms with Gasteiger partial charge in [0.1, 0.15) is 5.82 Å². The first-order valence-corrected chi connectivity index (χ1v) is 9.46. The van der Waals surface area contributed by atoms with Crippen LogP contribution < -0.4 is 10.9 Å². The lowest BCUT2D eigenvalue weighted by molar-refractivity contribution is -0.136. The average molecular weight is 383 g/mol. The van der Waals surface area contributed by atoms with Crippen molar-refractivity contribution in [3.05, 3.63) is 75.2 Å². The van der Waals surface area contributed by atoms with E-state index in [-0.39, 0.29) is 5.56 Å². The van der Waals surface area contributed by atoms with Crippen molar-refractivity contribution >= 4 is 23.5 Å². The summed E-state index contributed by atoms with van der Waals surface area (Å²) in [7, 11) is 1.34. The molecule has 0 saturated carbocycles. The summed E-state index contributed by atoms with van der Waals surface area (Å²) in [5.41, 5.74) is 3.03. The predicted molar refractivity (Wildman–Crippen MR) is 107 cm³/mol. The molecule has 3 rings (SSSR count). The van der Waals surface area contributed by atoms with E-state index in [1.165, 1.54) is 18.9 Å². The highest BCUT2D eigenvalue weighted by Gasteiger charge is 2.36. The lowest BCUT2D eigenvalue weighted by atomic mass is 9.80. The normalized spacial score (nSPS) is 15.7. The number of aromatic amines is 1. The molecule has 0 saturated heterocycles. The van der Waals surface area contributed by atoms with Gasteiger partial charge in [-0.2, -0.15) is 0 Å². The number of esters is 1. The summed E-state index contributed by atoms with van der Waals surface area (Å²) in [5, 5.41) is 3.61. The van der Waals surface area contributed by atoms with E-state index in [1.807, 2.05) is 31.2 Å². The standard InChI is InChI=1S/C20H21N3O3S/c1-5-10-27-20-22-17-16(18(24)23-20)15(13-9-7-6-8-11(13)2)14(12(3)21-17)19(25)26-4/h5-9,15H,1,10H2,2-4H3,(H2,21,22,23,24)/t15-/m0/s1. The Morgan fingerprint density at radius 3 is 2.78 bits per heavy atom. The molecule has 2 heterocycles. The molecule has 0 bridgehead atoms. The van der Waals surface area contributed by atoms with Crippen molar-refractivity contribution in [1.82, 2.24) is 9.97 Å². The molecule has 1 aliphatic heterocycles. The van der Waals surface area contributed by atoms with Crippen LogP contribution in [0.5, 0.6) is 0 Å². The fraction of sp³-hybridized carbons (Fsp3) is 0.250. The molecule has 0 aliphatic carbocycles. The first-order valence-electron chi connectivity index (χ1n) is 8.47. The number of fused-ring (bicyclic) bond motifs is 1. The minimum atomic E-state index is -0.551. The number of thioether (sulfide) groups is 1. The Hall–Kier alpha value is -2.80. The summed E-state index contributed by atoms with van der Waals surface area (Å²) in [5.74, 6) is 0.0716. The van der Waals surface area contributed by atoms with Gasteiger partial charge < -0.3 is 15.0 Å². The largest absolute Gasteiger partial charge is 0.466 e. The van der Waals surface area contributed by atoms with Crippen LogP contribution in [0, 0.1) is 6.92 Å². The molecule has 1 aromatic carbocycles. The topological polar surface area (TPSA) is 84.1 Å². The molecule has 0 amide bonds. The molecule has 0 fully saturated rings. The van der Waals surface area contributed by atoms with Crippen molar-refractivity contribution in [2.24, 2.45) is 0 Å². The molecule has 6 nitrogen and oxygen atoms in total. The third-order valence-electron chi connectivity index (χ3n) is 4.46. The quantitative estimate of drug-likeness (QED) is 0.356. The highest BCUT2D eigenvalue weighted by atomic mass is 32.2. The number of carbonyl (C=O) groups is 1. The van der Waals surface area contributed by atoms with E-state index in [9.17, 15) is 9.59 Å². The average Bonchev–Trinajstić information content (AvgIpc) is 2.65. The molecule has 7 heteroatoms. The third kappa shape index (κ3) is 3.55. The maximum Gasteiger partial charge on any atom is 0.336 e. The van der Waals surface area contributed by atoms with Gasteiger partial charge in [-0.25, -0.2) is 9.78 Å². The van der Waals surface area contributed by atoms with Gasteiger partial charge in [-0.05, 0) is 25.0 Å². The van der Waals surface area contributed by atoms with Crippen LogP contribution in [0.3, 0.4) is 0 Å². The second-order valence-corrected chi connectivity index (χ2v) is 7.19. The predicted octanol–water partition coefficient (Wildman–Crippen LogP) is 3.36. The van der Waals surface area contributed by atoms with E-state index in [1.54, 1.807) is 13.0 Å². The zero-order chi connectivity index (χ0) is 19.6. The lowest BCUT2D eigenvalue weighted by Gasteiger charge is -2.29. The summed E-state index contributed by atoms with van der Waals surface area (Å²) in [6.45, 7) is 7.43. The molecule has 1 aromatic heterocycles. The smallest absolute Gasteiger partial charge is 0.336 e. The van der Waals surface area contributed by atoms with Crippen LogP contribution in [0.25, 0.3) is 0 Å². The first kappa shape index (κ1) is 19.0. The van der Waals surface area contributed by atoms with Crippen LogP contribution in [0.4, 0.5) is 5.82 Å². The number of anilines is 1. The van der Waals surface area contributed by atoms with E-state index in [4.69, 9.17) is 4.74 Å². The monoisotopic (exact) mass is 383 g/mol. The van der Waals surface area contributed by atoms with Crippen molar-refractivity contribution in [3.8, 4) is 0 Å². The number of aryl methyl sites for hydroxylation is 1. The number of methoxy groups -OCH3 is 1. The molecular weight excluding hydrogens is 362 g/mol.